The van der Waals surface area contributed by atoms with E-state index in [4.69, 9.17) is 14.6 Å². The van der Waals surface area contributed by atoms with Crippen LogP contribution in [0.4, 0.5) is 0 Å². The molecule has 0 fully saturated rings. The summed E-state index contributed by atoms with van der Waals surface area (Å²) in [6.07, 6.45) is 1.21. The number of carbonyl (C=O) groups excluding carboxylic acids is 1. The number of amides is 1. The topological polar surface area (TPSA) is 107 Å². The Bertz CT molecular complexity index is 743. The Labute approximate surface area is 138 Å². The van der Waals surface area contributed by atoms with Crippen LogP contribution in [0, 0.1) is 0 Å². The van der Waals surface area contributed by atoms with Gasteiger partial charge in [-0.25, -0.2) is 9.48 Å². The second-order valence-corrected chi connectivity index (χ2v) is 5.03. The van der Waals surface area contributed by atoms with Crippen molar-refractivity contribution in [2.45, 2.75) is 13.1 Å². The number of aromatic nitrogens is 3. The zero-order chi connectivity index (χ0) is 17.7. The van der Waals surface area contributed by atoms with Gasteiger partial charge in [0.2, 0.25) is 5.91 Å². The summed E-state index contributed by atoms with van der Waals surface area (Å²) in [6, 6.07) is 5.34. The number of likely N-dealkylation sites (N-methyl/N-ethyl adjacent to an activating group) is 1. The maximum absolute atomic E-state index is 12.2. The highest BCUT2D eigenvalue weighted by atomic mass is 16.5. The van der Waals surface area contributed by atoms with Gasteiger partial charge in [-0.15, -0.1) is 5.10 Å². The highest BCUT2D eigenvalue weighted by Crippen LogP contribution is 2.25. The lowest BCUT2D eigenvalue weighted by Crippen LogP contribution is -2.30. The van der Waals surface area contributed by atoms with Crippen LogP contribution in [0.2, 0.25) is 0 Å². The molecule has 0 spiro atoms. The van der Waals surface area contributed by atoms with Crippen LogP contribution in [-0.2, 0) is 17.9 Å². The van der Waals surface area contributed by atoms with Gasteiger partial charge in [-0.3, -0.25) is 4.79 Å². The van der Waals surface area contributed by atoms with Crippen molar-refractivity contribution < 1.29 is 24.2 Å². The second-order valence-electron chi connectivity index (χ2n) is 5.03. The summed E-state index contributed by atoms with van der Waals surface area (Å²) in [7, 11) is 4.75. The Hall–Kier alpha value is -3.10. The first-order chi connectivity index (χ1) is 11.4. The molecule has 0 bridgehead atoms. The van der Waals surface area contributed by atoms with Gasteiger partial charge >= 0.3 is 5.97 Å². The van der Waals surface area contributed by atoms with E-state index < -0.39 is 5.97 Å². The quantitative estimate of drug-likeness (QED) is 0.792. The van der Waals surface area contributed by atoms with E-state index in [1.807, 2.05) is 6.07 Å². The number of hydrogen-bond acceptors (Lipinski definition) is 6. The minimum Gasteiger partial charge on any atom is -0.497 e. The van der Waals surface area contributed by atoms with Gasteiger partial charge in [-0.2, -0.15) is 0 Å². The summed E-state index contributed by atoms with van der Waals surface area (Å²) in [5.41, 5.74) is 0.612. The Kier molecular flexibility index (Phi) is 5.35. The zero-order valence-electron chi connectivity index (χ0n) is 13.6. The molecule has 0 saturated heterocycles. The molecule has 1 aromatic carbocycles. The van der Waals surface area contributed by atoms with Gasteiger partial charge in [-0.1, -0.05) is 5.21 Å². The fourth-order valence-electron chi connectivity index (χ4n) is 2.06. The average Bonchev–Trinajstić information content (AvgIpc) is 3.03. The van der Waals surface area contributed by atoms with Crippen LogP contribution in [0.1, 0.15) is 16.1 Å². The summed E-state index contributed by atoms with van der Waals surface area (Å²) in [5.74, 6) is -0.156. The third-order valence-corrected chi connectivity index (χ3v) is 3.38. The third-order valence-electron chi connectivity index (χ3n) is 3.38. The predicted molar refractivity (Wildman–Crippen MR) is 83.0 cm³/mol. The molecule has 0 unspecified atom stereocenters. The monoisotopic (exact) mass is 334 g/mol. The SMILES string of the molecule is COc1ccc(CN(C)C(=O)Cn2cc(C(=O)O)nn2)c(OC)c1. The van der Waals surface area contributed by atoms with Gasteiger partial charge in [0, 0.05) is 25.2 Å². The number of ether oxygens (including phenoxy) is 2. The van der Waals surface area contributed by atoms with Crippen LogP contribution < -0.4 is 9.47 Å². The Morgan fingerprint density at radius 1 is 1.29 bits per heavy atom. The minimum absolute atomic E-state index is 0.102. The lowest BCUT2D eigenvalue weighted by molar-refractivity contribution is -0.131. The van der Waals surface area contributed by atoms with Crippen molar-refractivity contribution in [1.82, 2.24) is 19.9 Å². The molecule has 0 saturated carbocycles. The molecule has 2 aromatic rings. The Morgan fingerprint density at radius 2 is 2.04 bits per heavy atom. The number of hydrogen-bond donors (Lipinski definition) is 1. The van der Waals surface area contributed by atoms with E-state index in [0.29, 0.717) is 18.0 Å². The molecule has 128 valence electrons. The van der Waals surface area contributed by atoms with Crippen LogP contribution in [0.25, 0.3) is 0 Å². The molecule has 1 heterocycles. The summed E-state index contributed by atoms with van der Waals surface area (Å²) in [6.45, 7) is 0.224. The van der Waals surface area contributed by atoms with Gasteiger partial charge in [0.15, 0.2) is 5.69 Å². The lowest BCUT2D eigenvalue weighted by atomic mass is 10.2. The molecule has 0 aliphatic rings. The van der Waals surface area contributed by atoms with Gasteiger partial charge in [0.1, 0.15) is 18.0 Å². The maximum atomic E-state index is 12.2. The van der Waals surface area contributed by atoms with Crippen LogP contribution >= 0.6 is 0 Å². The first-order valence-corrected chi connectivity index (χ1v) is 7.03. The first kappa shape index (κ1) is 17.3. The molecule has 0 atom stereocenters. The smallest absolute Gasteiger partial charge is 0.358 e. The molecular weight excluding hydrogens is 316 g/mol. The lowest BCUT2D eigenvalue weighted by Gasteiger charge is -2.19. The molecule has 0 aliphatic carbocycles. The van der Waals surface area contributed by atoms with E-state index in [0.717, 1.165) is 5.56 Å². The van der Waals surface area contributed by atoms with Crippen molar-refractivity contribution in [2.75, 3.05) is 21.3 Å². The van der Waals surface area contributed by atoms with Crippen molar-refractivity contribution in [3.8, 4) is 11.5 Å². The molecular formula is C15H18N4O5. The molecule has 1 N–H and O–H groups in total. The van der Waals surface area contributed by atoms with Crippen LogP contribution in [0.15, 0.2) is 24.4 Å². The van der Waals surface area contributed by atoms with Crippen LogP contribution in [-0.4, -0.2) is 58.1 Å². The third kappa shape index (κ3) is 4.00. The van der Waals surface area contributed by atoms with Gasteiger partial charge in [0.05, 0.1) is 20.4 Å². The Morgan fingerprint density at radius 3 is 2.62 bits per heavy atom. The van der Waals surface area contributed by atoms with E-state index in [9.17, 15) is 9.59 Å². The molecule has 0 radical (unpaired) electrons. The fraction of sp³-hybridized carbons (Fsp3) is 0.333. The number of carboxylic acid groups (broad SMARTS) is 1. The number of carboxylic acids is 1. The number of rotatable bonds is 7. The molecule has 24 heavy (non-hydrogen) atoms. The highest BCUT2D eigenvalue weighted by molar-refractivity contribution is 5.84. The second kappa shape index (κ2) is 7.44. The molecule has 1 amide bonds. The summed E-state index contributed by atoms with van der Waals surface area (Å²) >= 11 is 0. The molecule has 9 nitrogen and oxygen atoms in total. The van der Waals surface area contributed by atoms with Crippen molar-refractivity contribution in [3.05, 3.63) is 35.7 Å². The van der Waals surface area contributed by atoms with Gasteiger partial charge in [-0.05, 0) is 12.1 Å². The van der Waals surface area contributed by atoms with Crippen molar-refractivity contribution in [2.24, 2.45) is 0 Å². The summed E-state index contributed by atoms with van der Waals surface area (Å²) < 4.78 is 11.6. The summed E-state index contributed by atoms with van der Waals surface area (Å²) in [4.78, 5) is 24.5. The van der Waals surface area contributed by atoms with E-state index in [1.165, 1.54) is 15.8 Å². The van der Waals surface area contributed by atoms with Crippen molar-refractivity contribution in [3.63, 3.8) is 0 Å². The van der Waals surface area contributed by atoms with E-state index >= 15 is 0 Å². The maximum Gasteiger partial charge on any atom is 0.358 e. The first-order valence-electron chi connectivity index (χ1n) is 7.03. The average molecular weight is 334 g/mol. The zero-order valence-corrected chi connectivity index (χ0v) is 13.6. The molecule has 1 aromatic heterocycles. The molecule has 2 rings (SSSR count). The summed E-state index contributed by atoms with van der Waals surface area (Å²) in [5, 5.41) is 15.9. The molecule has 0 aliphatic heterocycles. The number of aromatic carboxylic acids is 1. The van der Waals surface area contributed by atoms with Crippen molar-refractivity contribution >= 4 is 11.9 Å². The largest absolute Gasteiger partial charge is 0.497 e. The highest BCUT2D eigenvalue weighted by Gasteiger charge is 2.15. The van der Waals surface area contributed by atoms with Gasteiger partial charge in [0.25, 0.3) is 0 Å². The number of carbonyl (C=O) groups is 2. The van der Waals surface area contributed by atoms with Crippen molar-refractivity contribution in [1.29, 1.82) is 0 Å². The van der Waals surface area contributed by atoms with E-state index in [2.05, 4.69) is 10.3 Å². The number of nitrogens with zero attached hydrogens (tertiary/aromatic N) is 4. The molecule has 9 heteroatoms. The minimum atomic E-state index is -1.19. The fourth-order valence-corrected chi connectivity index (χ4v) is 2.06. The van der Waals surface area contributed by atoms with E-state index in [-0.39, 0.29) is 18.1 Å². The number of benzene rings is 1. The van der Waals surface area contributed by atoms with Crippen LogP contribution in [0.3, 0.4) is 0 Å². The standard InChI is InChI=1S/C15H18N4O5/c1-18(7-10-4-5-11(23-2)6-13(10)24-3)14(20)9-19-8-12(15(21)22)16-17-19/h4-6,8H,7,9H2,1-3H3,(H,21,22). The number of methoxy groups -OCH3 is 2. The van der Waals surface area contributed by atoms with Gasteiger partial charge < -0.3 is 19.5 Å². The predicted octanol–water partition coefficient (Wildman–Crippen LogP) is 0.652. The van der Waals surface area contributed by atoms with E-state index in [1.54, 1.807) is 33.4 Å². The van der Waals surface area contributed by atoms with Crippen LogP contribution in [0.5, 0.6) is 11.5 Å². The Balaban J connectivity index is 2.04. The normalized spacial score (nSPS) is 10.3.